The Kier molecular flexibility index (Phi) is 0.508. The fourth-order valence-electron chi connectivity index (χ4n) is 2.87. The highest BCUT2D eigenvalue weighted by atomic mass is 16.3. The van der Waals surface area contributed by atoms with Crippen LogP contribution >= 0.6 is 0 Å². The highest BCUT2D eigenvalue weighted by Gasteiger charge is 2.83. The normalized spacial score (nSPS) is 56.3. The summed E-state index contributed by atoms with van der Waals surface area (Å²) in [5.74, 6) is 0.722. The average molecular weight is 124 g/mol. The van der Waals surface area contributed by atoms with Gasteiger partial charge in [0.05, 0.1) is 0 Å². The quantitative estimate of drug-likeness (QED) is 0.556. The summed E-state index contributed by atoms with van der Waals surface area (Å²) in [6, 6.07) is 0. The first-order valence-corrected chi connectivity index (χ1v) is 3.94. The molecular formula is C8H12O. The Morgan fingerprint density at radius 3 is 2.56 bits per heavy atom. The van der Waals surface area contributed by atoms with Crippen molar-refractivity contribution in [1.82, 2.24) is 0 Å². The Morgan fingerprint density at radius 1 is 1.44 bits per heavy atom. The highest BCUT2D eigenvalue weighted by molar-refractivity contribution is 5.32. The predicted molar refractivity (Wildman–Crippen MR) is 33.9 cm³/mol. The molecule has 3 aliphatic carbocycles. The summed E-state index contributed by atoms with van der Waals surface area (Å²) in [5, 5.41) is 8.84. The topological polar surface area (TPSA) is 20.2 Å². The molecule has 0 amide bonds. The van der Waals surface area contributed by atoms with Gasteiger partial charge in [0.15, 0.2) is 0 Å². The lowest BCUT2D eigenvalue weighted by atomic mass is 10.2. The molecular weight excluding hydrogens is 112 g/mol. The van der Waals surface area contributed by atoms with E-state index in [0.29, 0.717) is 6.61 Å². The van der Waals surface area contributed by atoms with Crippen LogP contribution in [0.2, 0.25) is 0 Å². The van der Waals surface area contributed by atoms with Crippen LogP contribution in [0, 0.1) is 16.7 Å². The van der Waals surface area contributed by atoms with E-state index in [1.54, 1.807) is 0 Å². The van der Waals surface area contributed by atoms with Gasteiger partial charge in [-0.2, -0.15) is 0 Å². The van der Waals surface area contributed by atoms with E-state index < -0.39 is 0 Å². The molecule has 0 aliphatic heterocycles. The van der Waals surface area contributed by atoms with E-state index in [2.05, 4.69) is 0 Å². The standard InChI is InChI=1S/C8H12O/c9-4-6-3-8(6)5-7(8)1-2-7/h6,9H,1-5H2/t6-,8-/m0/s1. The van der Waals surface area contributed by atoms with Gasteiger partial charge in [-0.1, -0.05) is 0 Å². The summed E-state index contributed by atoms with van der Waals surface area (Å²) in [7, 11) is 0. The van der Waals surface area contributed by atoms with Crippen molar-refractivity contribution in [2.45, 2.75) is 25.7 Å². The average Bonchev–Trinajstić information content (AvgIpc) is 2.69. The van der Waals surface area contributed by atoms with Gasteiger partial charge in [0, 0.05) is 6.61 Å². The van der Waals surface area contributed by atoms with Crippen LogP contribution in [0.25, 0.3) is 0 Å². The van der Waals surface area contributed by atoms with Crippen LogP contribution in [0.15, 0.2) is 0 Å². The predicted octanol–water partition coefficient (Wildman–Crippen LogP) is 1.17. The van der Waals surface area contributed by atoms with Gasteiger partial charge in [0.25, 0.3) is 0 Å². The molecule has 1 heteroatoms. The third kappa shape index (κ3) is 0.337. The number of fused-ring (bicyclic) bond motifs is 1. The third-order valence-electron chi connectivity index (χ3n) is 3.89. The van der Waals surface area contributed by atoms with Crippen LogP contribution in [0.5, 0.6) is 0 Å². The molecule has 0 bridgehead atoms. The maximum Gasteiger partial charge on any atom is 0.0465 e. The monoisotopic (exact) mass is 124 g/mol. The Hall–Kier alpha value is -0.0400. The lowest BCUT2D eigenvalue weighted by Crippen LogP contribution is -1.89. The molecule has 3 aliphatic rings. The molecule has 0 radical (unpaired) electrons. The van der Waals surface area contributed by atoms with Crippen LogP contribution in [0.4, 0.5) is 0 Å². The first kappa shape index (κ1) is 4.73. The molecule has 3 fully saturated rings. The summed E-state index contributed by atoms with van der Waals surface area (Å²) >= 11 is 0. The maximum absolute atomic E-state index is 8.84. The molecule has 0 saturated heterocycles. The van der Waals surface area contributed by atoms with Crippen LogP contribution in [-0.4, -0.2) is 11.7 Å². The first-order chi connectivity index (χ1) is 4.33. The smallest absolute Gasteiger partial charge is 0.0465 e. The molecule has 0 unspecified atom stereocenters. The second-order valence-electron chi connectivity index (χ2n) is 4.20. The molecule has 9 heavy (non-hydrogen) atoms. The number of rotatable bonds is 1. The molecule has 3 saturated carbocycles. The lowest BCUT2D eigenvalue weighted by molar-refractivity contribution is 0.264. The highest BCUT2D eigenvalue weighted by Crippen LogP contribution is 2.91. The molecule has 1 N–H and O–H groups in total. The summed E-state index contributed by atoms with van der Waals surface area (Å²) < 4.78 is 0. The second-order valence-corrected chi connectivity index (χ2v) is 4.20. The van der Waals surface area contributed by atoms with E-state index in [0.717, 1.165) is 16.7 Å². The van der Waals surface area contributed by atoms with E-state index in [-0.39, 0.29) is 0 Å². The molecule has 0 aromatic rings. The van der Waals surface area contributed by atoms with Crippen molar-refractivity contribution in [3.8, 4) is 0 Å². The van der Waals surface area contributed by atoms with Crippen LogP contribution < -0.4 is 0 Å². The Morgan fingerprint density at radius 2 is 2.22 bits per heavy atom. The van der Waals surface area contributed by atoms with Crippen molar-refractivity contribution in [2.24, 2.45) is 16.7 Å². The van der Waals surface area contributed by atoms with Crippen molar-refractivity contribution in [2.75, 3.05) is 6.61 Å². The third-order valence-corrected chi connectivity index (χ3v) is 3.89. The number of hydrogen-bond donors (Lipinski definition) is 1. The zero-order valence-electron chi connectivity index (χ0n) is 5.56. The molecule has 1 nitrogen and oxygen atoms in total. The molecule has 3 rings (SSSR count). The lowest BCUT2D eigenvalue weighted by Gasteiger charge is -1.87. The molecule has 0 aromatic heterocycles. The second kappa shape index (κ2) is 0.968. The van der Waals surface area contributed by atoms with Gasteiger partial charge in [0.1, 0.15) is 0 Å². The fourth-order valence-corrected chi connectivity index (χ4v) is 2.87. The zero-order chi connectivity index (χ0) is 6.11. The van der Waals surface area contributed by atoms with Crippen LogP contribution in [-0.2, 0) is 0 Å². The Labute approximate surface area is 55.1 Å². The fraction of sp³-hybridized carbons (Fsp3) is 1.00. The molecule has 0 aromatic carbocycles. The van der Waals surface area contributed by atoms with Crippen molar-refractivity contribution in [1.29, 1.82) is 0 Å². The maximum atomic E-state index is 8.84. The van der Waals surface area contributed by atoms with E-state index >= 15 is 0 Å². The van der Waals surface area contributed by atoms with E-state index in [1.807, 2.05) is 0 Å². The SMILES string of the molecule is OC[C@@H]1C[C@]12CC21CC1. The van der Waals surface area contributed by atoms with Gasteiger partial charge in [-0.05, 0) is 42.4 Å². The van der Waals surface area contributed by atoms with Gasteiger partial charge in [-0.15, -0.1) is 0 Å². The minimum Gasteiger partial charge on any atom is -0.396 e. The van der Waals surface area contributed by atoms with Crippen LogP contribution in [0.3, 0.4) is 0 Å². The van der Waals surface area contributed by atoms with Crippen molar-refractivity contribution in [3.05, 3.63) is 0 Å². The summed E-state index contributed by atoms with van der Waals surface area (Å²) in [4.78, 5) is 0. The number of hydrogen-bond acceptors (Lipinski definition) is 1. The van der Waals surface area contributed by atoms with Gasteiger partial charge >= 0.3 is 0 Å². The van der Waals surface area contributed by atoms with Gasteiger partial charge in [0.2, 0.25) is 0 Å². The minimum absolute atomic E-state index is 0.460. The van der Waals surface area contributed by atoms with Crippen molar-refractivity contribution in [3.63, 3.8) is 0 Å². The van der Waals surface area contributed by atoms with Crippen molar-refractivity contribution >= 4 is 0 Å². The number of aliphatic hydroxyl groups excluding tert-OH is 1. The zero-order valence-corrected chi connectivity index (χ0v) is 5.56. The van der Waals surface area contributed by atoms with E-state index in [4.69, 9.17) is 5.11 Å². The summed E-state index contributed by atoms with van der Waals surface area (Å²) in [6.45, 7) is 0.460. The Balaban J connectivity index is 1.83. The molecule has 50 valence electrons. The molecule has 2 spiro atoms. The van der Waals surface area contributed by atoms with Gasteiger partial charge in [-0.25, -0.2) is 0 Å². The van der Waals surface area contributed by atoms with Crippen molar-refractivity contribution < 1.29 is 5.11 Å². The molecule has 0 heterocycles. The van der Waals surface area contributed by atoms with Crippen LogP contribution in [0.1, 0.15) is 25.7 Å². The van der Waals surface area contributed by atoms with Gasteiger partial charge in [-0.3, -0.25) is 0 Å². The largest absolute Gasteiger partial charge is 0.396 e. The summed E-state index contributed by atoms with van der Waals surface area (Å²) in [5.41, 5.74) is 1.54. The number of aliphatic hydroxyl groups is 1. The first-order valence-electron chi connectivity index (χ1n) is 3.94. The summed E-state index contributed by atoms with van der Waals surface area (Å²) in [6.07, 6.45) is 5.77. The Bertz CT molecular complexity index is 171. The van der Waals surface area contributed by atoms with E-state index in [9.17, 15) is 0 Å². The van der Waals surface area contributed by atoms with E-state index in [1.165, 1.54) is 25.7 Å². The minimum atomic E-state index is 0.460. The van der Waals surface area contributed by atoms with Gasteiger partial charge < -0.3 is 5.11 Å². The molecule has 2 atom stereocenters.